The zero-order chi connectivity index (χ0) is 15.2. The molecule has 0 aliphatic carbocycles. The Morgan fingerprint density at radius 3 is 1.15 bits per heavy atom. The van der Waals surface area contributed by atoms with Gasteiger partial charge in [0.1, 0.15) is 0 Å². The molecule has 108 valence electrons. The van der Waals surface area contributed by atoms with Crippen LogP contribution in [0, 0.1) is 0 Å². The number of halogens is 6. The third-order valence-corrected chi connectivity index (χ3v) is 10.3. The van der Waals surface area contributed by atoms with E-state index >= 15 is 0 Å². The second kappa shape index (κ2) is 8.72. The molecular formula is C12H10Br3Cl3Si2. The number of hydrogen-bond donors (Lipinski definition) is 0. The normalized spacial score (nSPS) is 11.5. The predicted molar refractivity (Wildman–Crippen MR) is 108 cm³/mol. The Hall–Kier alpha value is 1.18. The fraction of sp³-hybridized carbons (Fsp3) is 0. The van der Waals surface area contributed by atoms with E-state index in [2.05, 4.69) is 58.0 Å². The minimum atomic E-state index is -2.62. The summed E-state index contributed by atoms with van der Waals surface area (Å²) in [5.74, 6) is 0. The van der Waals surface area contributed by atoms with E-state index in [0.717, 1.165) is 5.19 Å². The first-order valence-corrected chi connectivity index (χ1v) is 19.3. The van der Waals surface area contributed by atoms with Crippen LogP contribution < -0.4 is 10.4 Å². The first-order chi connectivity index (χ1) is 9.21. The third-order valence-electron chi connectivity index (χ3n) is 2.20. The maximum atomic E-state index is 5.73. The summed E-state index contributed by atoms with van der Waals surface area (Å²) in [5, 5.41) is 2.12. The lowest BCUT2D eigenvalue weighted by molar-refractivity contribution is 1.77. The molecule has 0 bridgehead atoms. The molecule has 0 spiro atoms. The zero-order valence-corrected chi connectivity index (χ0v) is 19.1. The van der Waals surface area contributed by atoms with Crippen molar-refractivity contribution < 1.29 is 0 Å². The summed E-state index contributed by atoms with van der Waals surface area (Å²) >= 11 is 27.9. The van der Waals surface area contributed by atoms with Crippen LogP contribution >= 0.6 is 79.1 Å². The minimum absolute atomic E-state index is 0.833. The Morgan fingerprint density at radius 2 is 0.950 bits per heavy atom. The summed E-state index contributed by atoms with van der Waals surface area (Å²) in [6.45, 7) is 0. The molecule has 0 atom stereocenters. The van der Waals surface area contributed by atoms with Crippen LogP contribution in [0.1, 0.15) is 0 Å². The Labute approximate surface area is 158 Å². The van der Waals surface area contributed by atoms with Gasteiger partial charge in [-0.25, -0.2) is 0 Å². The molecule has 0 saturated carbocycles. The third kappa shape index (κ3) is 7.45. The number of rotatable bonds is 2. The highest BCUT2D eigenvalue weighted by Gasteiger charge is 2.27. The van der Waals surface area contributed by atoms with E-state index in [-0.39, 0.29) is 0 Å². The fourth-order valence-electron chi connectivity index (χ4n) is 1.25. The predicted octanol–water partition coefficient (Wildman–Crippen LogP) is 5.57. The molecule has 0 nitrogen and oxygen atoms in total. The highest BCUT2D eigenvalue weighted by molar-refractivity contribution is 9.72. The van der Waals surface area contributed by atoms with Crippen LogP contribution in [0.2, 0.25) is 0 Å². The molecule has 0 fully saturated rings. The molecular weight excluding hydrogens is 546 g/mol. The van der Waals surface area contributed by atoms with Gasteiger partial charge in [-0.15, -0.1) is 33.2 Å². The van der Waals surface area contributed by atoms with Gasteiger partial charge >= 0.3 is 6.00 Å². The molecule has 2 aromatic carbocycles. The molecule has 0 N–H and O–H groups in total. The Kier molecular flexibility index (Phi) is 8.39. The van der Waals surface area contributed by atoms with Crippen molar-refractivity contribution in [2.45, 2.75) is 0 Å². The van der Waals surface area contributed by atoms with Crippen LogP contribution in [0.4, 0.5) is 0 Å². The smallest absolute Gasteiger partial charge is 0.121 e. The van der Waals surface area contributed by atoms with Gasteiger partial charge < -0.3 is 0 Å². The fourth-order valence-corrected chi connectivity index (χ4v) is 5.91. The lowest BCUT2D eigenvalue weighted by Gasteiger charge is -2.07. The van der Waals surface area contributed by atoms with E-state index in [0.29, 0.717) is 0 Å². The van der Waals surface area contributed by atoms with Crippen molar-refractivity contribution in [3.8, 4) is 0 Å². The van der Waals surface area contributed by atoms with Crippen LogP contribution in [0.25, 0.3) is 0 Å². The summed E-state index contributed by atoms with van der Waals surface area (Å²) in [6, 6.07) is 16.9. The van der Waals surface area contributed by atoms with Gasteiger partial charge in [0.2, 0.25) is 0 Å². The maximum Gasteiger partial charge on any atom is 0.372 e. The summed E-state index contributed by atoms with van der Waals surface area (Å²) in [7, 11) is 0. The molecule has 0 radical (unpaired) electrons. The van der Waals surface area contributed by atoms with Crippen molar-refractivity contribution in [3.05, 3.63) is 60.7 Å². The molecule has 0 amide bonds. The lowest BCUT2D eigenvalue weighted by atomic mass is 10.4. The van der Waals surface area contributed by atoms with Gasteiger partial charge in [0.05, 0.1) is 0 Å². The first-order valence-electron chi connectivity index (χ1n) is 5.46. The second-order valence-electron chi connectivity index (χ2n) is 3.73. The van der Waals surface area contributed by atoms with Gasteiger partial charge in [0, 0.05) is 0 Å². The lowest BCUT2D eigenvalue weighted by Crippen LogP contribution is -2.29. The molecule has 2 rings (SSSR count). The van der Waals surface area contributed by atoms with Crippen LogP contribution in [0.5, 0.6) is 0 Å². The molecule has 2 aromatic rings. The Morgan fingerprint density at radius 1 is 0.600 bits per heavy atom. The minimum Gasteiger partial charge on any atom is -0.121 e. The molecule has 20 heavy (non-hydrogen) atoms. The van der Waals surface area contributed by atoms with Crippen LogP contribution in [-0.2, 0) is 0 Å². The van der Waals surface area contributed by atoms with Crippen LogP contribution in [0.3, 0.4) is 0 Å². The quantitative estimate of drug-likeness (QED) is 0.336. The Bertz CT molecular complexity index is 463. The summed E-state index contributed by atoms with van der Waals surface area (Å²) in [5.41, 5.74) is 0. The molecule has 0 aliphatic heterocycles. The molecule has 0 heterocycles. The maximum absolute atomic E-state index is 5.73. The van der Waals surface area contributed by atoms with Gasteiger partial charge in [-0.05, 0) is 10.4 Å². The number of benzene rings is 2. The first kappa shape index (κ1) is 19.2. The van der Waals surface area contributed by atoms with E-state index in [1.54, 1.807) is 0 Å². The zero-order valence-electron chi connectivity index (χ0n) is 10.0. The average Bonchev–Trinajstić information content (AvgIpc) is 2.40. The van der Waals surface area contributed by atoms with Crippen LogP contribution in [0.15, 0.2) is 60.7 Å². The molecule has 0 aromatic heterocycles. The van der Waals surface area contributed by atoms with Crippen LogP contribution in [-0.4, -0.2) is 9.93 Å². The Balaban J connectivity index is 0.000000200. The van der Waals surface area contributed by atoms with Crippen molar-refractivity contribution in [2.24, 2.45) is 0 Å². The second-order valence-corrected chi connectivity index (χ2v) is 34.0. The van der Waals surface area contributed by atoms with Gasteiger partial charge in [0.25, 0.3) is 3.93 Å². The topological polar surface area (TPSA) is 0 Å². The van der Waals surface area contributed by atoms with Crippen molar-refractivity contribution >= 4 is 99.4 Å². The SMILES string of the molecule is Br[Si](Br)(Br)c1ccccc1.Cl[Si](Cl)(Cl)c1ccccc1. The largest absolute Gasteiger partial charge is 0.372 e. The standard InChI is InChI=1S/C6H5Br3Si.C6H5Cl3Si/c2*7-10(8,9)6-4-2-1-3-5-6/h2*1-5H. The highest BCUT2D eigenvalue weighted by atomic mass is 80.0. The van der Waals surface area contributed by atoms with E-state index < -0.39 is 9.93 Å². The van der Waals surface area contributed by atoms with Gasteiger partial charge in [-0.2, -0.15) is 0 Å². The van der Waals surface area contributed by atoms with Crippen molar-refractivity contribution in [2.75, 3.05) is 0 Å². The van der Waals surface area contributed by atoms with Gasteiger partial charge in [-0.1, -0.05) is 107 Å². The monoisotopic (exact) mass is 552 g/mol. The average molecular weight is 556 g/mol. The van der Waals surface area contributed by atoms with E-state index in [1.807, 2.05) is 48.5 Å². The summed E-state index contributed by atoms with van der Waals surface area (Å²) in [4.78, 5) is 0. The van der Waals surface area contributed by atoms with E-state index in [1.165, 1.54) is 5.19 Å². The molecule has 0 aliphatic rings. The molecule has 0 saturated heterocycles. The van der Waals surface area contributed by atoms with Crippen molar-refractivity contribution in [3.63, 3.8) is 0 Å². The van der Waals surface area contributed by atoms with E-state index in [9.17, 15) is 0 Å². The molecule has 0 unspecified atom stereocenters. The van der Waals surface area contributed by atoms with Gasteiger partial charge in [-0.3, -0.25) is 0 Å². The highest BCUT2D eigenvalue weighted by Crippen LogP contribution is 2.26. The number of hydrogen-bond acceptors (Lipinski definition) is 0. The van der Waals surface area contributed by atoms with Crippen molar-refractivity contribution in [1.29, 1.82) is 0 Å². The molecule has 8 heteroatoms. The van der Waals surface area contributed by atoms with Gasteiger partial charge in [0.15, 0.2) is 0 Å². The van der Waals surface area contributed by atoms with Crippen molar-refractivity contribution in [1.82, 2.24) is 0 Å². The summed E-state index contributed by atoms with van der Waals surface area (Å²) in [6.07, 6.45) is 0. The summed E-state index contributed by atoms with van der Waals surface area (Å²) < 4.78 is -1.60. The van der Waals surface area contributed by atoms with E-state index in [4.69, 9.17) is 33.2 Å².